The lowest BCUT2D eigenvalue weighted by Gasteiger charge is -2.38. The highest BCUT2D eigenvalue weighted by molar-refractivity contribution is 5.67. The number of nitrogens with zero attached hydrogens (tertiary/aromatic N) is 2. The van der Waals surface area contributed by atoms with Crippen molar-refractivity contribution in [1.29, 1.82) is 0 Å². The highest BCUT2D eigenvalue weighted by Gasteiger charge is 2.30. The lowest BCUT2D eigenvalue weighted by atomic mass is 9.75. The van der Waals surface area contributed by atoms with Crippen molar-refractivity contribution in [3.05, 3.63) is 0 Å². The van der Waals surface area contributed by atoms with Crippen LogP contribution in [0.5, 0.6) is 0 Å². The second kappa shape index (κ2) is 7.13. The van der Waals surface area contributed by atoms with Crippen molar-refractivity contribution >= 4 is 6.09 Å². The number of amides is 1. The van der Waals surface area contributed by atoms with E-state index >= 15 is 0 Å². The van der Waals surface area contributed by atoms with E-state index in [2.05, 4.69) is 25.7 Å². The Hall–Kier alpha value is -0.770. The van der Waals surface area contributed by atoms with Gasteiger partial charge >= 0.3 is 6.09 Å². The van der Waals surface area contributed by atoms with E-state index in [1.807, 2.05) is 19.0 Å². The van der Waals surface area contributed by atoms with E-state index in [0.29, 0.717) is 17.9 Å². The number of ether oxygens (including phenoxy) is 1. The zero-order valence-electron chi connectivity index (χ0n) is 13.2. The highest BCUT2D eigenvalue weighted by atomic mass is 16.6. The molecule has 1 saturated heterocycles. The van der Waals surface area contributed by atoms with Gasteiger partial charge in [0.1, 0.15) is 0 Å². The summed E-state index contributed by atoms with van der Waals surface area (Å²) in [5, 5.41) is 0. The molecule has 0 radical (unpaired) electrons. The predicted octanol–water partition coefficient (Wildman–Crippen LogP) is 2.83. The van der Waals surface area contributed by atoms with Crippen LogP contribution in [0.25, 0.3) is 0 Å². The third-order valence-corrected chi connectivity index (χ3v) is 3.95. The van der Waals surface area contributed by atoms with Crippen LogP contribution in [0.2, 0.25) is 0 Å². The van der Waals surface area contributed by atoms with Crippen molar-refractivity contribution in [1.82, 2.24) is 9.80 Å². The maximum atomic E-state index is 11.9. The lowest BCUT2D eigenvalue weighted by Crippen LogP contribution is -2.41. The topological polar surface area (TPSA) is 32.8 Å². The minimum atomic E-state index is -0.133. The third kappa shape index (κ3) is 5.81. The summed E-state index contributed by atoms with van der Waals surface area (Å²) in [5.74, 6) is 0.713. The van der Waals surface area contributed by atoms with Crippen molar-refractivity contribution in [2.45, 2.75) is 40.0 Å². The molecule has 4 nitrogen and oxygen atoms in total. The summed E-state index contributed by atoms with van der Waals surface area (Å²) in [6.07, 6.45) is 2.95. The largest absolute Gasteiger partial charge is 0.449 e. The van der Waals surface area contributed by atoms with Crippen LogP contribution in [0.3, 0.4) is 0 Å². The molecule has 1 amide bonds. The van der Waals surface area contributed by atoms with Crippen LogP contribution in [-0.2, 0) is 4.74 Å². The first kappa shape index (κ1) is 16.3. The minimum absolute atomic E-state index is 0.133. The molecular formula is C15H30N2O2. The maximum Gasteiger partial charge on any atom is 0.409 e. The molecule has 0 N–H and O–H groups in total. The Morgan fingerprint density at radius 1 is 1.26 bits per heavy atom. The van der Waals surface area contributed by atoms with Crippen molar-refractivity contribution in [2.24, 2.45) is 11.3 Å². The fourth-order valence-corrected chi connectivity index (χ4v) is 2.56. The van der Waals surface area contributed by atoms with E-state index < -0.39 is 0 Å². The van der Waals surface area contributed by atoms with Gasteiger partial charge in [0.15, 0.2) is 0 Å². The summed E-state index contributed by atoms with van der Waals surface area (Å²) in [5.41, 5.74) is 0.349. The molecule has 1 fully saturated rings. The molecule has 1 rings (SSSR count). The minimum Gasteiger partial charge on any atom is -0.449 e. The first-order chi connectivity index (χ1) is 8.80. The number of carbonyl (C=O) groups excluding carboxylic acids is 1. The van der Waals surface area contributed by atoms with Gasteiger partial charge in [0.2, 0.25) is 0 Å². The van der Waals surface area contributed by atoms with Crippen LogP contribution in [0.15, 0.2) is 0 Å². The Labute approximate surface area is 118 Å². The summed E-state index contributed by atoms with van der Waals surface area (Å²) in [4.78, 5) is 15.8. The van der Waals surface area contributed by atoms with Crippen LogP contribution in [-0.4, -0.2) is 56.2 Å². The summed E-state index contributed by atoms with van der Waals surface area (Å²) < 4.78 is 5.31. The molecule has 19 heavy (non-hydrogen) atoms. The average Bonchev–Trinajstić information content (AvgIpc) is 2.33. The quantitative estimate of drug-likeness (QED) is 0.736. The zero-order valence-corrected chi connectivity index (χ0v) is 13.2. The van der Waals surface area contributed by atoms with Gasteiger partial charge in [0.25, 0.3) is 0 Å². The second-order valence-electron chi connectivity index (χ2n) is 6.90. The van der Waals surface area contributed by atoms with Crippen LogP contribution in [0.4, 0.5) is 4.79 Å². The van der Waals surface area contributed by atoms with E-state index in [1.165, 1.54) is 0 Å². The standard InChI is InChI=1S/C15H30N2O2/c1-15(2,3)13-7-10-17(11-8-13)14(18)19-12-6-9-16(4)5/h13H,6-12H2,1-5H3. The number of hydrogen-bond donors (Lipinski definition) is 0. The molecule has 0 aromatic heterocycles. The van der Waals surface area contributed by atoms with Crippen LogP contribution in [0.1, 0.15) is 40.0 Å². The molecule has 0 atom stereocenters. The van der Waals surface area contributed by atoms with E-state index in [-0.39, 0.29) is 6.09 Å². The molecule has 0 spiro atoms. The molecular weight excluding hydrogens is 240 g/mol. The van der Waals surface area contributed by atoms with Crippen molar-refractivity contribution in [3.63, 3.8) is 0 Å². The normalized spacial score (nSPS) is 17.9. The van der Waals surface area contributed by atoms with Gasteiger partial charge < -0.3 is 14.5 Å². The van der Waals surface area contributed by atoms with Gasteiger partial charge in [0.05, 0.1) is 6.61 Å². The van der Waals surface area contributed by atoms with E-state index in [9.17, 15) is 4.79 Å². The molecule has 0 unspecified atom stereocenters. The number of piperidine rings is 1. The molecule has 0 aliphatic carbocycles. The molecule has 1 heterocycles. The van der Waals surface area contributed by atoms with Gasteiger partial charge in [-0.15, -0.1) is 0 Å². The fourth-order valence-electron chi connectivity index (χ4n) is 2.56. The Morgan fingerprint density at radius 3 is 2.32 bits per heavy atom. The van der Waals surface area contributed by atoms with Crippen LogP contribution < -0.4 is 0 Å². The number of likely N-dealkylation sites (tertiary alicyclic amines) is 1. The SMILES string of the molecule is CN(C)CCCOC(=O)N1CCC(C(C)(C)C)CC1. The van der Waals surface area contributed by atoms with Gasteiger partial charge in [-0.25, -0.2) is 4.79 Å². The molecule has 1 aliphatic rings. The Kier molecular flexibility index (Phi) is 6.11. The van der Waals surface area contributed by atoms with E-state index in [0.717, 1.165) is 38.9 Å². The number of hydrogen-bond acceptors (Lipinski definition) is 3. The van der Waals surface area contributed by atoms with Gasteiger partial charge in [0, 0.05) is 19.6 Å². The number of rotatable bonds is 4. The second-order valence-corrected chi connectivity index (χ2v) is 6.90. The van der Waals surface area contributed by atoms with Gasteiger partial charge in [-0.2, -0.15) is 0 Å². The molecule has 1 aliphatic heterocycles. The van der Waals surface area contributed by atoms with E-state index in [1.54, 1.807) is 0 Å². The van der Waals surface area contributed by atoms with Crippen molar-refractivity contribution in [3.8, 4) is 0 Å². The molecule has 0 aromatic carbocycles. The van der Waals surface area contributed by atoms with Gasteiger partial charge in [-0.1, -0.05) is 20.8 Å². The summed E-state index contributed by atoms with van der Waals surface area (Å²) in [7, 11) is 4.05. The van der Waals surface area contributed by atoms with Crippen LogP contribution >= 0.6 is 0 Å². The van der Waals surface area contributed by atoms with Crippen LogP contribution in [0, 0.1) is 11.3 Å². The number of carbonyl (C=O) groups is 1. The monoisotopic (exact) mass is 270 g/mol. The Balaban J connectivity index is 2.22. The zero-order chi connectivity index (χ0) is 14.5. The maximum absolute atomic E-state index is 11.9. The Bertz CT molecular complexity index is 276. The van der Waals surface area contributed by atoms with E-state index in [4.69, 9.17) is 4.74 Å². The van der Waals surface area contributed by atoms with Gasteiger partial charge in [-0.05, 0) is 44.7 Å². The first-order valence-corrected chi connectivity index (χ1v) is 7.37. The average molecular weight is 270 g/mol. The molecule has 112 valence electrons. The highest BCUT2D eigenvalue weighted by Crippen LogP contribution is 2.34. The smallest absolute Gasteiger partial charge is 0.409 e. The lowest BCUT2D eigenvalue weighted by molar-refractivity contribution is 0.0689. The first-order valence-electron chi connectivity index (χ1n) is 7.37. The molecule has 0 bridgehead atoms. The molecule has 4 heteroatoms. The summed E-state index contributed by atoms with van der Waals surface area (Å²) in [6, 6.07) is 0. The summed E-state index contributed by atoms with van der Waals surface area (Å²) in [6.45, 7) is 10.0. The molecule has 0 aromatic rings. The summed E-state index contributed by atoms with van der Waals surface area (Å²) >= 11 is 0. The molecule has 0 saturated carbocycles. The fraction of sp³-hybridized carbons (Fsp3) is 0.933. The van der Waals surface area contributed by atoms with Gasteiger partial charge in [-0.3, -0.25) is 0 Å². The third-order valence-electron chi connectivity index (χ3n) is 3.95. The predicted molar refractivity (Wildman–Crippen MR) is 78.3 cm³/mol. The van der Waals surface area contributed by atoms with Crippen molar-refractivity contribution < 1.29 is 9.53 Å². The van der Waals surface area contributed by atoms with Crippen molar-refractivity contribution in [2.75, 3.05) is 40.3 Å². The Morgan fingerprint density at radius 2 is 1.84 bits per heavy atom.